The summed E-state index contributed by atoms with van der Waals surface area (Å²) >= 11 is 0. The molecule has 5 heteroatoms. The summed E-state index contributed by atoms with van der Waals surface area (Å²) in [5.41, 5.74) is 0.493. The number of benzene rings is 1. The number of aryl methyl sites for hydroxylation is 1. The number of rotatable bonds is 6. The van der Waals surface area contributed by atoms with E-state index in [1.54, 1.807) is 35.2 Å². The molecule has 1 N–H and O–H groups in total. The molecule has 0 fully saturated rings. The summed E-state index contributed by atoms with van der Waals surface area (Å²) in [5.74, 6) is 0.0935. The number of hydrogen-bond acceptors (Lipinski definition) is 3. The maximum Gasteiger partial charge on any atom is 0.293 e. The molecular weight excluding hydrogens is 257 g/mol. The molecule has 0 spiro atoms. The smallest absolute Gasteiger partial charge is 0.293 e. The zero-order valence-corrected chi connectivity index (χ0v) is 11.5. The summed E-state index contributed by atoms with van der Waals surface area (Å²) in [6.45, 7) is 3.15. The first-order valence-corrected chi connectivity index (χ1v) is 6.75. The minimum absolute atomic E-state index is 0.136. The highest BCUT2D eigenvalue weighted by atomic mass is 19.1. The maximum absolute atomic E-state index is 13.4. The lowest BCUT2D eigenvalue weighted by atomic mass is 10.1. The van der Waals surface area contributed by atoms with E-state index >= 15 is 0 Å². The van der Waals surface area contributed by atoms with Crippen molar-refractivity contribution in [2.24, 2.45) is 0 Å². The molecule has 4 nitrogen and oxygen atoms in total. The second kappa shape index (κ2) is 6.84. The normalized spacial score (nSPS) is 10.5. The van der Waals surface area contributed by atoms with Crippen molar-refractivity contribution in [3.05, 3.63) is 58.4 Å². The fourth-order valence-electron chi connectivity index (χ4n) is 2.00. The zero-order valence-electron chi connectivity index (χ0n) is 11.5. The van der Waals surface area contributed by atoms with Gasteiger partial charge in [0, 0.05) is 25.5 Å². The summed E-state index contributed by atoms with van der Waals surface area (Å²) in [6.07, 6.45) is 4.67. The summed E-state index contributed by atoms with van der Waals surface area (Å²) in [5, 5.41) is 2.98. The minimum atomic E-state index is -0.223. The third kappa shape index (κ3) is 3.44. The van der Waals surface area contributed by atoms with Gasteiger partial charge in [0.1, 0.15) is 5.82 Å². The summed E-state index contributed by atoms with van der Waals surface area (Å²) in [6, 6.07) is 6.64. The van der Waals surface area contributed by atoms with E-state index in [2.05, 4.69) is 10.3 Å². The van der Waals surface area contributed by atoms with Crippen molar-refractivity contribution in [3.63, 3.8) is 0 Å². The molecule has 0 unspecified atom stereocenters. The van der Waals surface area contributed by atoms with E-state index < -0.39 is 0 Å². The molecule has 0 aliphatic heterocycles. The van der Waals surface area contributed by atoms with Crippen LogP contribution in [0.3, 0.4) is 0 Å². The Bertz CT molecular complexity index is 625. The molecule has 0 amide bonds. The number of halogens is 1. The van der Waals surface area contributed by atoms with E-state index in [9.17, 15) is 9.18 Å². The highest BCUT2D eigenvalue weighted by Gasteiger charge is 2.05. The van der Waals surface area contributed by atoms with Gasteiger partial charge in [-0.1, -0.05) is 25.1 Å². The highest BCUT2D eigenvalue weighted by Crippen LogP contribution is 2.07. The second-order valence-electron chi connectivity index (χ2n) is 4.54. The average molecular weight is 275 g/mol. The van der Waals surface area contributed by atoms with Gasteiger partial charge in [-0.25, -0.2) is 9.37 Å². The summed E-state index contributed by atoms with van der Waals surface area (Å²) in [4.78, 5) is 16.1. The van der Waals surface area contributed by atoms with Crippen LogP contribution >= 0.6 is 0 Å². The van der Waals surface area contributed by atoms with Gasteiger partial charge < -0.3 is 9.88 Å². The maximum atomic E-state index is 13.4. The lowest BCUT2D eigenvalue weighted by Gasteiger charge is -2.08. The monoisotopic (exact) mass is 275 g/mol. The van der Waals surface area contributed by atoms with Gasteiger partial charge in [0.25, 0.3) is 5.56 Å². The Morgan fingerprint density at radius 1 is 1.35 bits per heavy atom. The van der Waals surface area contributed by atoms with Crippen molar-refractivity contribution in [1.82, 2.24) is 9.55 Å². The molecule has 20 heavy (non-hydrogen) atoms. The average Bonchev–Trinajstić information content (AvgIpc) is 2.45. The largest absolute Gasteiger partial charge is 0.365 e. The molecule has 0 saturated carbocycles. The van der Waals surface area contributed by atoms with Crippen LogP contribution in [0.15, 0.2) is 41.5 Å². The zero-order chi connectivity index (χ0) is 14.4. The topological polar surface area (TPSA) is 46.9 Å². The second-order valence-corrected chi connectivity index (χ2v) is 4.54. The Hall–Kier alpha value is -2.17. The molecule has 0 aliphatic rings. The van der Waals surface area contributed by atoms with Crippen molar-refractivity contribution >= 4 is 5.82 Å². The van der Waals surface area contributed by atoms with E-state index in [4.69, 9.17) is 0 Å². The lowest BCUT2D eigenvalue weighted by molar-refractivity contribution is 0.610. The molecule has 0 radical (unpaired) electrons. The number of nitrogens with one attached hydrogen (secondary N) is 1. The van der Waals surface area contributed by atoms with Crippen LogP contribution < -0.4 is 10.9 Å². The summed E-state index contributed by atoms with van der Waals surface area (Å²) in [7, 11) is 0. The molecule has 0 bridgehead atoms. The molecule has 0 atom stereocenters. The molecule has 0 saturated heterocycles. The third-order valence-corrected chi connectivity index (χ3v) is 3.02. The van der Waals surface area contributed by atoms with Crippen LogP contribution in [-0.4, -0.2) is 16.1 Å². The molecule has 2 rings (SSSR count). The van der Waals surface area contributed by atoms with Crippen molar-refractivity contribution in [2.75, 3.05) is 11.9 Å². The van der Waals surface area contributed by atoms with Gasteiger partial charge in [0.05, 0.1) is 0 Å². The van der Waals surface area contributed by atoms with Crippen LogP contribution in [0.1, 0.15) is 18.9 Å². The van der Waals surface area contributed by atoms with E-state index in [0.29, 0.717) is 30.9 Å². The van der Waals surface area contributed by atoms with E-state index in [1.807, 2.05) is 6.92 Å². The molecule has 0 aliphatic carbocycles. The molecule has 106 valence electrons. The first kappa shape index (κ1) is 14.2. The van der Waals surface area contributed by atoms with E-state index in [0.717, 1.165) is 6.42 Å². The first-order chi connectivity index (χ1) is 9.72. The van der Waals surface area contributed by atoms with Crippen molar-refractivity contribution in [3.8, 4) is 0 Å². The fraction of sp³-hybridized carbons (Fsp3) is 0.333. The van der Waals surface area contributed by atoms with Crippen LogP contribution in [0, 0.1) is 5.82 Å². The van der Waals surface area contributed by atoms with Crippen molar-refractivity contribution in [1.29, 1.82) is 0 Å². The highest BCUT2D eigenvalue weighted by molar-refractivity contribution is 5.31. The van der Waals surface area contributed by atoms with Crippen LogP contribution in [0.2, 0.25) is 0 Å². The Morgan fingerprint density at radius 3 is 2.90 bits per heavy atom. The van der Waals surface area contributed by atoms with Crippen LogP contribution in [0.4, 0.5) is 10.2 Å². The Morgan fingerprint density at radius 2 is 2.15 bits per heavy atom. The molecule has 2 aromatic rings. The predicted octanol–water partition coefficient (Wildman–Crippen LogP) is 2.45. The van der Waals surface area contributed by atoms with E-state index in [1.165, 1.54) is 6.07 Å². The molecule has 1 aromatic carbocycles. The fourth-order valence-corrected chi connectivity index (χ4v) is 2.00. The van der Waals surface area contributed by atoms with Crippen LogP contribution in [0.25, 0.3) is 0 Å². The van der Waals surface area contributed by atoms with Gasteiger partial charge in [-0.05, 0) is 24.5 Å². The standard InChI is InChI=1S/C15H18FN3O/c1-2-10-19-11-9-18-14(15(19)20)17-8-7-12-5-3-4-6-13(12)16/h3-6,9,11H,2,7-8,10H2,1H3,(H,17,18). The number of hydrogen-bond donors (Lipinski definition) is 1. The predicted molar refractivity (Wildman–Crippen MR) is 77.4 cm³/mol. The summed E-state index contributed by atoms with van der Waals surface area (Å²) < 4.78 is 15.1. The number of anilines is 1. The van der Waals surface area contributed by atoms with Gasteiger partial charge >= 0.3 is 0 Å². The van der Waals surface area contributed by atoms with Crippen LogP contribution in [0.5, 0.6) is 0 Å². The lowest BCUT2D eigenvalue weighted by Crippen LogP contribution is -2.25. The van der Waals surface area contributed by atoms with Gasteiger partial charge in [-0.2, -0.15) is 0 Å². The Balaban J connectivity index is 2.00. The Kier molecular flexibility index (Phi) is 4.87. The van der Waals surface area contributed by atoms with Gasteiger partial charge in [-0.15, -0.1) is 0 Å². The van der Waals surface area contributed by atoms with E-state index in [-0.39, 0.29) is 11.4 Å². The van der Waals surface area contributed by atoms with Crippen molar-refractivity contribution < 1.29 is 4.39 Å². The minimum Gasteiger partial charge on any atom is -0.365 e. The Labute approximate surface area is 117 Å². The van der Waals surface area contributed by atoms with Crippen molar-refractivity contribution in [2.45, 2.75) is 26.3 Å². The molecule has 1 aromatic heterocycles. The number of aromatic nitrogens is 2. The first-order valence-electron chi connectivity index (χ1n) is 6.75. The SMILES string of the molecule is CCCn1ccnc(NCCc2ccccc2F)c1=O. The van der Waals surface area contributed by atoms with Gasteiger partial charge in [0.2, 0.25) is 0 Å². The van der Waals surface area contributed by atoms with Gasteiger partial charge in [0.15, 0.2) is 5.82 Å². The van der Waals surface area contributed by atoms with Crippen LogP contribution in [-0.2, 0) is 13.0 Å². The molecular formula is C15H18FN3O. The quantitative estimate of drug-likeness (QED) is 0.881. The third-order valence-electron chi connectivity index (χ3n) is 3.02. The molecule has 1 heterocycles. The number of nitrogens with zero attached hydrogens (tertiary/aromatic N) is 2. The van der Waals surface area contributed by atoms with Gasteiger partial charge in [-0.3, -0.25) is 4.79 Å².